The molecule has 0 bridgehead atoms. The minimum absolute atomic E-state index is 0.135. The average Bonchev–Trinajstić information content (AvgIpc) is 2.22. The molecule has 4 nitrogen and oxygen atoms in total. The molecule has 0 spiro atoms. The van der Waals surface area contributed by atoms with Crippen LogP contribution < -0.4 is 5.73 Å². The van der Waals surface area contributed by atoms with Gasteiger partial charge in [0.15, 0.2) is 0 Å². The number of rotatable bonds is 9. The summed E-state index contributed by atoms with van der Waals surface area (Å²) in [7, 11) is 0. The zero-order chi connectivity index (χ0) is 11.7. The van der Waals surface area contributed by atoms with Crippen molar-refractivity contribution in [2.75, 3.05) is 32.8 Å². The van der Waals surface area contributed by atoms with Crippen LogP contribution in [0.3, 0.4) is 0 Å². The van der Waals surface area contributed by atoms with Gasteiger partial charge < -0.3 is 15.4 Å². The maximum atomic E-state index is 7.33. The second kappa shape index (κ2) is 8.68. The first kappa shape index (κ1) is 14.4. The summed E-state index contributed by atoms with van der Waals surface area (Å²) >= 11 is 0. The van der Waals surface area contributed by atoms with E-state index in [1.54, 1.807) is 0 Å². The van der Waals surface area contributed by atoms with Crippen LogP contribution in [0, 0.1) is 11.3 Å². The van der Waals surface area contributed by atoms with E-state index >= 15 is 0 Å². The van der Waals surface area contributed by atoms with Crippen LogP contribution >= 0.6 is 0 Å². The molecule has 1 atom stereocenters. The lowest BCUT2D eigenvalue weighted by molar-refractivity contribution is 0.104. The Balaban J connectivity index is 3.67. The number of ether oxygens (including phenoxy) is 1. The van der Waals surface area contributed by atoms with Gasteiger partial charge in [-0.3, -0.25) is 5.41 Å². The van der Waals surface area contributed by atoms with E-state index in [4.69, 9.17) is 15.9 Å². The van der Waals surface area contributed by atoms with Crippen molar-refractivity contribution in [1.82, 2.24) is 4.90 Å². The summed E-state index contributed by atoms with van der Waals surface area (Å²) < 4.78 is 5.43. The zero-order valence-electron chi connectivity index (χ0n) is 10.3. The van der Waals surface area contributed by atoms with E-state index in [0.717, 1.165) is 39.3 Å². The molecule has 0 saturated heterocycles. The fourth-order valence-corrected chi connectivity index (χ4v) is 1.30. The van der Waals surface area contributed by atoms with Crippen LogP contribution in [0.2, 0.25) is 0 Å². The number of nitrogens with zero attached hydrogens (tertiary/aromatic N) is 1. The first-order valence-electron chi connectivity index (χ1n) is 5.75. The van der Waals surface area contributed by atoms with Crippen molar-refractivity contribution in [3.05, 3.63) is 0 Å². The largest absolute Gasteiger partial charge is 0.387 e. The lowest BCUT2D eigenvalue weighted by Crippen LogP contribution is -2.36. The van der Waals surface area contributed by atoms with Gasteiger partial charge in [0.05, 0.1) is 12.4 Å². The number of hydrogen-bond acceptors (Lipinski definition) is 3. The molecule has 15 heavy (non-hydrogen) atoms. The Labute approximate surface area is 93.3 Å². The maximum absolute atomic E-state index is 7.33. The van der Waals surface area contributed by atoms with Gasteiger partial charge in [-0.15, -0.1) is 0 Å². The number of nitrogens with two attached hydrogens (primary N) is 1. The molecule has 0 radical (unpaired) electrons. The van der Waals surface area contributed by atoms with Gasteiger partial charge >= 0.3 is 0 Å². The highest BCUT2D eigenvalue weighted by atomic mass is 16.5. The molecule has 0 aliphatic carbocycles. The van der Waals surface area contributed by atoms with E-state index in [9.17, 15) is 0 Å². The first-order valence-corrected chi connectivity index (χ1v) is 5.75. The number of amidine groups is 1. The molecule has 0 fully saturated rings. The number of likely N-dealkylation sites (N-methyl/N-ethyl adjacent to an activating group) is 1. The third kappa shape index (κ3) is 7.33. The predicted octanol–water partition coefficient (Wildman–Crippen LogP) is 1.31. The zero-order valence-corrected chi connectivity index (χ0v) is 10.3. The van der Waals surface area contributed by atoms with Crippen LogP contribution in [0.5, 0.6) is 0 Å². The summed E-state index contributed by atoms with van der Waals surface area (Å²) in [6.07, 6.45) is 1.07. The number of hydrogen-bond donors (Lipinski definition) is 2. The van der Waals surface area contributed by atoms with Crippen molar-refractivity contribution in [1.29, 1.82) is 5.41 Å². The van der Waals surface area contributed by atoms with Crippen molar-refractivity contribution in [3.8, 4) is 0 Å². The quantitative estimate of drug-likeness (QED) is 0.346. The second-order valence-electron chi connectivity index (χ2n) is 3.86. The lowest BCUT2D eigenvalue weighted by Gasteiger charge is -2.23. The highest BCUT2D eigenvalue weighted by Crippen LogP contribution is 1.99. The van der Waals surface area contributed by atoms with Crippen LogP contribution in [0.4, 0.5) is 0 Å². The molecule has 0 aromatic rings. The van der Waals surface area contributed by atoms with Crippen molar-refractivity contribution in [2.45, 2.75) is 27.2 Å². The van der Waals surface area contributed by atoms with Gasteiger partial charge in [-0.2, -0.15) is 0 Å². The topological polar surface area (TPSA) is 62.3 Å². The molecule has 0 aliphatic rings. The van der Waals surface area contributed by atoms with E-state index in [0.29, 0.717) is 0 Å². The highest BCUT2D eigenvalue weighted by molar-refractivity contribution is 5.79. The van der Waals surface area contributed by atoms with Crippen molar-refractivity contribution in [3.63, 3.8) is 0 Å². The van der Waals surface area contributed by atoms with Gasteiger partial charge in [0, 0.05) is 25.6 Å². The van der Waals surface area contributed by atoms with E-state index in [1.807, 2.05) is 6.92 Å². The maximum Gasteiger partial charge on any atom is 0.0947 e. The standard InChI is InChI=1S/C11H25N3O/c1-4-7-15-8-6-14(5-2)9-10(3)11(12)13/h10H,4-9H2,1-3H3,(H3,12,13). The summed E-state index contributed by atoms with van der Waals surface area (Å²) in [6, 6.07) is 0. The van der Waals surface area contributed by atoms with Crippen LogP contribution in [0.1, 0.15) is 27.2 Å². The molecule has 0 saturated carbocycles. The van der Waals surface area contributed by atoms with Crippen LogP contribution in [0.15, 0.2) is 0 Å². The molecular weight excluding hydrogens is 190 g/mol. The average molecular weight is 215 g/mol. The van der Waals surface area contributed by atoms with E-state index in [1.165, 1.54) is 0 Å². The van der Waals surface area contributed by atoms with Crippen LogP contribution in [-0.2, 0) is 4.74 Å². The van der Waals surface area contributed by atoms with E-state index in [-0.39, 0.29) is 11.8 Å². The predicted molar refractivity (Wildman–Crippen MR) is 64.3 cm³/mol. The van der Waals surface area contributed by atoms with Crippen molar-refractivity contribution >= 4 is 5.84 Å². The fraction of sp³-hybridized carbons (Fsp3) is 0.909. The monoisotopic (exact) mass is 215 g/mol. The second-order valence-corrected chi connectivity index (χ2v) is 3.86. The van der Waals surface area contributed by atoms with E-state index < -0.39 is 0 Å². The van der Waals surface area contributed by atoms with Gasteiger partial charge in [-0.25, -0.2) is 0 Å². The minimum atomic E-state index is 0.135. The van der Waals surface area contributed by atoms with Crippen LogP contribution in [-0.4, -0.2) is 43.6 Å². The SMILES string of the molecule is CCCOCCN(CC)CC(C)C(=N)N. The lowest BCUT2D eigenvalue weighted by atomic mass is 10.1. The van der Waals surface area contributed by atoms with Gasteiger partial charge in [0.2, 0.25) is 0 Å². The van der Waals surface area contributed by atoms with Gasteiger partial charge in [0.25, 0.3) is 0 Å². The highest BCUT2D eigenvalue weighted by Gasteiger charge is 2.10. The van der Waals surface area contributed by atoms with Gasteiger partial charge in [-0.1, -0.05) is 20.8 Å². The van der Waals surface area contributed by atoms with Crippen molar-refractivity contribution < 1.29 is 4.74 Å². The van der Waals surface area contributed by atoms with Gasteiger partial charge in [0.1, 0.15) is 0 Å². The van der Waals surface area contributed by atoms with E-state index in [2.05, 4.69) is 18.7 Å². The normalized spacial score (nSPS) is 13.1. The summed E-state index contributed by atoms with van der Waals surface area (Å²) in [5, 5.41) is 7.33. The smallest absolute Gasteiger partial charge is 0.0947 e. The molecule has 0 rings (SSSR count). The summed E-state index contributed by atoms with van der Waals surface area (Å²) in [4.78, 5) is 2.27. The Kier molecular flexibility index (Phi) is 8.33. The Morgan fingerprint density at radius 1 is 1.40 bits per heavy atom. The molecule has 0 amide bonds. The third-order valence-corrected chi connectivity index (χ3v) is 2.41. The molecule has 90 valence electrons. The summed E-state index contributed by atoms with van der Waals surface area (Å²) in [5.74, 6) is 0.402. The Hall–Kier alpha value is -0.610. The molecule has 0 aromatic heterocycles. The summed E-state index contributed by atoms with van der Waals surface area (Å²) in [5.41, 5.74) is 5.44. The molecule has 0 heterocycles. The molecule has 0 aromatic carbocycles. The summed E-state index contributed by atoms with van der Waals surface area (Å²) in [6.45, 7) is 10.6. The Morgan fingerprint density at radius 3 is 2.53 bits per heavy atom. The molecular formula is C11H25N3O. The Bertz CT molecular complexity index is 173. The number of nitrogens with one attached hydrogen (secondary N) is 1. The molecule has 3 N–H and O–H groups in total. The third-order valence-electron chi connectivity index (χ3n) is 2.41. The van der Waals surface area contributed by atoms with Gasteiger partial charge in [-0.05, 0) is 13.0 Å². The minimum Gasteiger partial charge on any atom is -0.387 e. The fourth-order valence-electron chi connectivity index (χ4n) is 1.30. The van der Waals surface area contributed by atoms with Crippen molar-refractivity contribution in [2.24, 2.45) is 11.7 Å². The molecule has 0 aliphatic heterocycles. The first-order chi connectivity index (χ1) is 7.11. The molecule has 4 heteroatoms. The van der Waals surface area contributed by atoms with Crippen LogP contribution in [0.25, 0.3) is 0 Å². The molecule has 1 unspecified atom stereocenters. The Morgan fingerprint density at radius 2 is 2.07 bits per heavy atom.